The van der Waals surface area contributed by atoms with Crippen LogP contribution in [0.5, 0.6) is 0 Å². The molecule has 0 atom stereocenters. The van der Waals surface area contributed by atoms with Gasteiger partial charge in [0.15, 0.2) is 10.2 Å². The maximum Gasteiger partial charge on any atom is 0.270 e. The Morgan fingerprint density at radius 1 is 1.11 bits per heavy atom. The van der Waals surface area contributed by atoms with Gasteiger partial charge in [-0.1, -0.05) is 47.4 Å². The van der Waals surface area contributed by atoms with Gasteiger partial charge < -0.3 is 0 Å². The van der Waals surface area contributed by atoms with Gasteiger partial charge in [-0.15, -0.1) is 21.5 Å². The second kappa shape index (κ2) is 6.93. The van der Waals surface area contributed by atoms with Crippen LogP contribution in [0.2, 0.25) is 0 Å². The van der Waals surface area contributed by atoms with Gasteiger partial charge in [-0.3, -0.25) is 10.1 Å². The Bertz CT molecular complexity index is 1290. The number of hydrogen-bond acceptors (Lipinski definition) is 9. The molecule has 0 aliphatic carbocycles. The molecule has 28 heavy (non-hydrogen) atoms. The average molecular weight is 427 g/mol. The third-order valence-electron chi connectivity index (χ3n) is 3.96. The summed E-state index contributed by atoms with van der Waals surface area (Å²) in [6.45, 7) is 0. The Hall–Kier alpha value is -2.89. The minimum atomic E-state index is -0.413. The van der Waals surface area contributed by atoms with E-state index in [1.165, 1.54) is 23.5 Å². The van der Waals surface area contributed by atoms with Gasteiger partial charge in [0.05, 0.1) is 20.9 Å². The van der Waals surface area contributed by atoms with E-state index in [1.807, 2.05) is 18.2 Å². The number of nitrogens with zero attached hydrogens (tertiary/aromatic N) is 6. The summed E-state index contributed by atoms with van der Waals surface area (Å²) in [6, 6.07) is 14.5. The third-order valence-corrected chi connectivity index (χ3v) is 7.08. The molecule has 8 nitrogen and oxygen atoms in total. The van der Waals surface area contributed by atoms with Gasteiger partial charge in [-0.2, -0.15) is 9.61 Å². The highest BCUT2D eigenvalue weighted by Crippen LogP contribution is 2.32. The van der Waals surface area contributed by atoms with Crippen LogP contribution in [0.25, 0.3) is 25.7 Å². The molecule has 5 rings (SSSR count). The number of thioether (sulfide) groups is 1. The van der Waals surface area contributed by atoms with Crippen LogP contribution >= 0.6 is 34.4 Å². The smallest absolute Gasteiger partial charge is 0.258 e. The molecule has 0 amide bonds. The van der Waals surface area contributed by atoms with Crippen LogP contribution in [0.3, 0.4) is 0 Å². The number of rotatable bonds is 5. The average Bonchev–Trinajstić information content (AvgIpc) is 3.40. The number of fused-ring (bicyclic) bond motifs is 2. The lowest BCUT2D eigenvalue weighted by molar-refractivity contribution is -0.384. The maximum atomic E-state index is 11.0. The summed E-state index contributed by atoms with van der Waals surface area (Å²) >= 11 is 4.58. The number of nitro groups is 1. The van der Waals surface area contributed by atoms with Crippen LogP contribution in [-0.4, -0.2) is 29.7 Å². The highest BCUT2D eigenvalue weighted by Gasteiger charge is 2.16. The van der Waals surface area contributed by atoms with Gasteiger partial charge >= 0.3 is 0 Å². The summed E-state index contributed by atoms with van der Waals surface area (Å²) in [5.41, 5.74) is 1.72. The molecule has 2 aromatic carbocycles. The van der Waals surface area contributed by atoms with Gasteiger partial charge in [-0.05, 0) is 12.1 Å². The van der Waals surface area contributed by atoms with E-state index in [4.69, 9.17) is 0 Å². The predicted octanol–water partition coefficient (Wildman–Crippen LogP) is 4.66. The number of para-hydroxylation sites is 1. The summed E-state index contributed by atoms with van der Waals surface area (Å²) in [4.78, 5) is 15.9. The zero-order chi connectivity index (χ0) is 19.1. The van der Waals surface area contributed by atoms with Crippen molar-refractivity contribution in [2.75, 3.05) is 0 Å². The minimum absolute atomic E-state index is 0.0371. The minimum Gasteiger partial charge on any atom is -0.258 e. The van der Waals surface area contributed by atoms with E-state index in [0.717, 1.165) is 14.6 Å². The third kappa shape index (κ3) is 3.13. The van der Waals surface area contributed by atoms with Crippen molar-refractivity contribution in [1.82, 2.24) is 24.8 Å². The highest BCUT2D eigenvalue weighted by molar-refractivity contribution is 8.00. The zero-order valence-corrected chi connectivity index (χ0v) is 16.5. The van der Waals surface area contributed by atoms with Crippen LogP contribution in [0, 0.1) is 10.1 Å². The summed E-state index contributed by atoms with van der Waals surface area (Å²) in [5, 5.41) is 24.6. The molecule has 5 aromatic rings. The van der Waals surface area contributed by atoms with Crippen molar-refractivity contribution in [2.45, 2.75) is 10.1 Å². The molecular formula is C17H10N6O2S3. The van der Waals surface area contributed by atoms with Crippen LogP contribution in [0.15, 0.2) is 52.9 Å². The van der Waals surface area contributed by atoms with Crippen molar-refractivity contribution in [2.24, 2.45) is 0 Å². The zero-order valence-electron chi connectivity index (χ0n) is 14.1. The predicted molar refractivity (Wildman–Crippen MR) is 110 cm³/mol. The molecule has 0 saturated heterocycles. The first kappa shape index (κ1) is 17.2. The number of thiazole rings is 1. The molecular weight excluding hydrogens is 416 g/mol. The number of benzene rings is 2. The molecule has 0 radical (unpaired) electrons. The first-order valence-corrected chi connectivity index (χ1v) is 10.7. The molecule has 0 aliphatic rings. The van der Waals surface area contributed by atoms with Crippen molar-refractivity contribution in [3.05, 3.63) is 64.5 Å². The van der Waals surface area contributed by atoms with Crippen molar-refractivity contribution in [1.29, 1.82) is 0 Å². The highest BCUT2D eigenvalue weighted by atomic mass is 32.2. The number of non-ortho nitro benzene ring substituents is 1. The Morgan fingerprint density at radius 2 is 2.00 bits per heavy atom. The molecule has 0 N–H and O–H groups in total. The van der Waals surface area contributed by atoms with Gasteiger partial charge in [0.1, 0.15) is 5.01 Å². The monoisotopic (exact) mass is 426 g/mol. The SMILES string of the molecule is O=[N+]([O-])c1cccc(-c2nn3c(CSc4nc5ccccc5s4)nnc3s2)c1. The van der Waals surface area contributed by atoms with Crippen molar-refractivity contribution >= 4 is 55.3 Å². The van der Waals surface area contributed by atoms with Crippen LogP contribution in [-0.2, 0) is 5.75 Å². The molecule has 0 saturated carbocycles. The summed E-state index contributed by atoms with van der Waals surface area (Å²) < 4.78 is 3.81. The number of aromatic nitrogens is 5. The lowest BCUT2D eigenvalue weighted by atomic mass is 10.2. The van der Waals surface area contributed by atoms with Gasteiger partial charge in [0.25, 0.3) is 5.69 Å². The molecule has 138 valence electrons. The molecule has 11 heteroatoms. The number of hydrogen-bond donors (Lipinski definition) is 0. The fourth-order valence-corrected chi connectivity index (χ4v) is 5.48. The molecule has 0 aliphatic heterocycles. The second-order valence-corrected chi connectivity index (χ2v) is 8.97. The first-order valence-electron chi connectivity index (χ1n) is 8.12. The van der Waals surface area contributed by atoms with E-state index < -0.39 is 4.92 Å². The summed E-state index contributed by atoms with van der Waals surface area (Å²) in [7, 11) is 0. The Morgan fingerprint density at radius 3 is 2.86 bits per heavy atom. The lowest BCUT2D eigenvalue weighted by Crippen LogP contribution is -1.94. The molecule has 0 bridgehead atoms. The molecule has 0 fully saturated rings. The lowest BCUT2D eigenvalue weighted by Gasteiger charge is -1.96. The standard InChI is InChI=1S/C17H10N6O2S3/c24-23(25)11-5-3-4-10(8-11)15-21-22-14(19-20-16(22)28-15)9-26-17-18-12-6-1-2-7-13(12)27-17/h1-8H,9H2. The van der Waals surface area contributed by atoms with Crippen LogP contribution < -0.4 is 0 Å². The molecule has 3 aromatic heterocycles. The van der Waals surface area contributed by atoms with Crippen LogP contribution in [0.1, 0.15) is 5.82 Å². The van der Waals surface area contributed by atoms with E-state index in [0.29, 0.717) is 27.1 Å². The Kier molecular flexibility index (Phi) is 4.26. The Labute approximate surface area is 170 Å². The van der Waals surface area contributed by atoms with Gasteiger partial charge in [0.2, 0.25) is 4.96 Å². The molecule has 0 unspecified atom stereocenters. The van der Waals surface area contributed by atoms with E-state index >= 15 is 0 Å². The molecule has 0 spiro atoms. The largest absolute Gasteiger partial charge is 0.270 e. The van der Waals surface area contributed by atoms with E-state index in [2.05, 4.69) is 26.3 Å². The van der Waals surface area contributed by atoms with Crippen molar-refractivity contribution in [3.8, 4) is 10.6 Å². The normalized spacial score (nSPS) is 11.4. The first-order chi connectivity index (χ1) is 13.7. The topological polar surface area (TPSA) is 99.1 Å². The van der Waals surface area contributed by atoms with Gasteiger partial charge in [-0.25, -0.2) is 4.98 Å². The molecule has 3 heterocycles. The summed E-state index contributed by atoms with van der Waals surface area (Å²) in [6.07, 6.45) is 0. The summed E-state index contributed by atoms with van der Waals surface area (Å²) in [5.74, 6) is 1.30. The van der Waals surface area contributed by atoms with E-state index in [9.17, 15) is 10.1 Å². The maximum absolute atomic E-state index is 11.0. The second-order valence-electron chi connectivity index (χ2n) is 5.76. The fourth-order valence-electron chi connectivity index (χ4n) is 2.66. The quantitative estimate of drug-likeness (QED) is 0.229. The number of nitro benzene ring substituents is 1. The van der Waals surface area contributed by atoms with Gasteiger partial charge in [0, 0.05) is 17.7 Å². The van der Waals surface area contributed by atoms with Crippen molar-refractivity contribution in [3.63, 3.8) is 0 Å². The Balaban J connectivity index is 1.41. The van der Waals surface area contributed by atoms with E-state index in [1.54, 1.807) is 39.7 Å². The van der Waals surface area contributed by atoms with E-state index in [-0.39, 0.29) is 5.69 Å². The van der Waals surface area contributed by atoms with Crippen LogP contribution in [0.4, 0.5) is 5.69 Å². The van der Waals surface area contributed by atoms with Crippen molar-refractivity contribution < 1.29 is 4.92 Å². The fraction of sp³-hybridized carbons (Fsp3) is 0.0588.